The summed E-state index contributed by atoms with van der Waals surface area (Å²) in [5, 5.41) is 0. The molecule has 1 amide bonds. The third kappa shape index (κ3) is 4.54. The molecule has 0 radical (unpaired) electrons. The summed E-state index contributed by atoms with van der Waals surface area (Å²) < 4.78 is 11.1. The Morgan fingerprint density at radius 2 is 1.78 bits per heavy atom. The van der Waals surface area contributed by atoms with E-state index in [1.165, 1.54) is 0 Å². The van der Waals surface area contributed by atoms with Crippen molar-refractivity contribution in [1.82, 2.24) is 0 Å². The number of carbonyl (C=O) groups is 3. The molecule has 3 rings (SSSR count). The molecule has 0 aliphatic carbocycles. The zero-order valence-corrected chi connectivity index (χ0v) is 16.3. The maximum atomic E-state index is 12.3. The molecule has 0 saturated carbocycles. The molecule has 6 nitrogen and oxygen atoms in total. The molecule has 2 aromatic rings. The summed E-state index contributed by atoms with van der Waals surface area (Å²) in [7, 11) is 1.57. The first-order valence-electron chi connectivity index (χ1n) is 8.37. The number of ketones is 1. The molecule has 0 N–H and O–H groups in total. The van der Waals surface area contributed by atoms with Crippen molar-refractivity contribution in [3.05, 3.63) is 58.6 Å². The van der Waals surface area contributed by atoms with E-state index in [1.54, 1.807) is 60.5 Å². The summed E-state index contributed by atoms with van der Waals surface area (Å²) in [6.45, 7) is -0.107. The van der Waals surface area contributed by atoms with Crippen molar-refractivity contribution in [2.75, 3.05) is 25.2 Å². The van der Waals surface area contributed by atoms with Crippen LogP contribution in [0.15, 0.2) is 53.0 Å². The number of ether oxygens (including phenoxy) is 2. The molecule has 27 heavy (non-hydrogen) atoms. The average molecular weight is 432 g/mol. The molecule has 0 unspecified atom stereocenters. The van der Waals surface area contributed by atoms with Gasteiger partial charge in [-0.3, -0.25) is 14.4 Å². The lowest BCUT2D eigenvalue weighted by Gasteiger charge is -2.16. The van der Waals surface area contributed by atoms with Crippen molar-refractivity contribution in [2.24, 2.45) is 5.92 Å². The minimum absolute atomic E-state index is 0.0668. The highest BCUT2D eigenvalue weighted by Gasteiger charge is 2.36. The molecule has 140 valence electrons. The summed E-state index contributed by atoms with van der Waals surface area (Å²) in [4.78, 5) is 38.2. The van der Waals surface area contributed by atoms with Crippen molar-refractivity contribution in [2.45, 2.75) is 6.42 Å². The van der Waals surface area contributed by atoms with Gasteiger partial charge in [-0.05, 0) is 36.4 Å². The van der Waals surface area contributed by atoms with Crippen LogP contribution in [0.4, 0.5) is 5.69 Å². The van der Waals surface area contributed by atoms with E-state index in [0.717, 1.165) is 4.47 Å². The second-order valence-electron chi connectivity index (χ2n) is 6.14. The van der Waals surface area contributed by atoms with E-state index in [1.807, 2.05) is 0 Å². The number of hydrogen-bond acceptors (Lipinski definition) is 5. The van der Waals surface area contributed by atoms with Gasteiger partial charge in [0.25, 0.3) is 0 Å². The molecule has 1 aliphatic rings. The number of halogens is 1. The van der Waals surface area contributed by atoms with Gasteiger partial charge in [-0.1, -0.05) is 28.1 Å². The van der Waals surface area contributed by atoms with Crippen LogP contribution in [-0.4, -0.2) is 37.9 Å². The van der Waals surface area contributed by atoms with Crippen LogP contribution in [0.3, 0.4) is 0 Å². The van der Waals surface area contributed by atoms with Crippen LogP contribution in [-0.2, 0) is 14.3 Å². The van der Waals surface area contributed by atoms with Gasteiger partial charge in [-0.25, -0.2) is 0 Å². The molecule has 1 atom stereocenters. The predicted octanol–water partition coefficient (Wildman–Crippen LogP) is 3.24. The Morgan fingerprint density at radius 3 is 2.41 bits per heavy atom. The van der Waals surface area contributed by atoms with Gasteiger partial charge in [0.2, 0.25) is 5.91 Å². The second-order valence-corrected chi connectivity index (χ2v) is 7.06. The highest BCUT2D eigenvalue weighted by atomic mass is 79.9. The topological polar surface area (TPSA) is 72.9 Å². The Balaban J connectivity index is 1.56. The van der Waals surface area contributed by atoms with Gasteiger partial charge in [0.1, 0.15) is 5.75 Å². The summed E-state index contributed by atoms with van der Waals surface area (Å²) in [6.07, 6.45) is 0.0668. The first-order chi connectivity index (χ1) is 13.0. The van der Waals surface area contributed by atoms with Crippen LogP contribution in [0.1, 0.15) is 16.8 Å². The number of carbonyl (C=O) groups excluding carboxylic acids is 3. The monoisotopic (exact) mass is 431 g/mol. The molecule has 1 aliphatic heterocycles. The van der Waals surface area contributed by atoms with E-state index in [0.29, 0.717) is 17.0 Å². The number of amides is 1. The molecule has 0 aromatic heterocycles. The maximum Gasteiger partial charge on any atom is 0.311 e. The van der Waals surface area contributed by atoms with Gasteiger partial charge >= 0.3 is 5.97 Å². The van der Waals surface area contributed by atoms with Crippen molar-refractivity contribution in [1.29, 1.82) is 0 Å². The zero-order valence-electron chi connectivity index (χ0n) is 14.7. The number of methoxy groups -OCH3 is 1. The SMILES string of the molecule is COc1ccc(N2C[C@@H](C(=O)OCC(=O)c3ccc(Br)cc3)CC2=O)cc1. The summed E-state index contributed by atoms with van der Waals surface area (Å²) in [5.41, 5.74) is 1.16. The molecular formula is C20H18BrNO5. The standard InChI is InChI=1S/C20H18BrNO5/c1-26-17-8-6-16(7-9-17)22-11-14(10-19(22)24)20(25)27-12-18(23)13-2-4-15(21)5-3-13/h2-9,14H,10-12H2,1H3/t14-/m0/s1. The lowest BCUT2D eigenvalue weighted by molar-refractivity contribution is -0.147. The van der Waals surface area contributed by atoms with Gasteiger partial charge in [0.15, 0.2) is 12.4 Å². The van der Waals surface area contributed by atoms with Crippen molar-refractivity contribution in [3.63, 3.8) is 0 Å². The molecule has 0 spiro atoms. The molecule has 7 heteroatoms. The molecule has 0 bridgehead atoms. The lowest BCUT2D eigenvalue weighted by Crippen LogP contribution is -2.27. The molecule has 2 aromatic carbocycles. The molecular weight excluding hydrogens is 414 g/mol. The number of benzene rings is 2. The highest BCUT2D eigenvalue weighted by Crippen LogP contribution is 2.27. The van der Waals surface area contributed by atoms with Gasteiger partial charge in [-0.15, -0.1) is 0 Å². The van der Waals surface area contributed by atoms with Crippen molar-refractivity contribution < 1.29 is 23.9 Å². The number of Topliss-reactive ketones (excluding diaryl/α,β-unsaturated/α-hetero) is 1. The largest absolute Gasteiger partial charge is 0.497 e. The Labute approximate surface area is 165 Å². The minimum Gasteiger partial charge on any atom is -0.497 e. The Kier molecular flexibility index (Phi) is 5.91. The van der Waals surface area contributed by atoms with E-state index in [4.69, 9.17) is 9.47 Å². The second kappa shape index (κ2) is 8.35. The molecule has 1 saturated heterocycles. The molecule has 1 fully saturated rings. The van der Waals surface area contributed by atoms with Gasteiger partial charge in [-0.2, -0.15) is 0 Å². The van der Waals surface area contributed by atoms with E-state index >= 15 is 0 Å². The number of anilines is 1. The fraction of sp³-hybridized carbons (Fsp3) is 0.250. The van der Waals surface area contributed by atoms with Crippen LogP contribution in [0, 0.1) is 5.92 Å². The minimum atomic E-state index is -0.586. The Morgan fingerprint density at radius 1 is 1.11 bits per heavy atom. The predicted molar refractivity (Wildman–Crippen MR) is 103 cm³/mol. The van der Waals surface area contributed by atoms with Crippen LogP contribution < -0.4 is 9.64 Å². The summed E-state index contributed by atoms with van der Waals surface area (Å²) in [6, 6.07) is 13.9. The molecule has 1 heterocycles. The first-order valence-corrected chi connectivity index (χ1v) is 9.17. The number of hydrogen-bond donors (Lipinski definition) is 0. The maximum absolute atomic E-state index is 12.3. The number of rotatable bonds is 6. The van der Waals surface area contributed by atoms with Gasteiger partial charge in [0, 0.05) is 28.7 Å². The van der Waals surface area contributed by atoms with Crippen molar-refractivity contribution >= 4 is 39.3 Å². The Hall–Kier alpha value is -2.67. The van der Waals surface area contributed by atoms with Crippen LogP contribution >= 0.6 is 15.9 Å². The fourth-order valence-electron chi connectivity index (χ4n) is 2.85. The third-order valence-electron chi connectivity index (χ3n) is 4.35. The summed E-state index contributed by atoms with van der Waals surface area (Å²) in [5.74, 6) is -0.872. The van der Waals surface area contributed by atoms with Crippen LogP contribution in [0.25, 0.3) is 0 Å². The smallest absolute Gasteiger partial charge is 0.311 e. The lowest BCUT2D eigenvalue weighted by atomic mass is 10.1. The van der Waals surface area contributed by atoms with Crippen LogP contribution in [0.2, 0.25) is 0 Å². The zero-order chi connectivity index (χ0) is 19.4. The quantitative estimate of drug-likeness (QED) is 0.518. The summed E-state index contributed by atoms with van der Waals surface area (Å²) >= 11 is 3.30. The normalized spacial score (nSPS) is 16.3. The first kappa shape index (κ1) is 19.1. The van der Waals surface area contributed by atoms with E-state index in [9.17, 15) is 14.4 Å². The third-order valence-corrected chi connectivity index (χ3v) is 4.88. The van der Waals surface area contributed by atoms with E-state index in [-0.39, 0.29) is 31.3 Å². The fourth-order valence-corrected chi connectivity index (χ4v) is 3.12. The number of esters is 1. The highest BCUT2D eigenvalue weighted by molar-refractivity contribution is 9.10. The van der Waals surface area contributed by atoms with Gasteiger partial charge < -0.3 is 14.4 Å². The average Bonchev–Trinajstić information content (AvgIpc) is 3.08. The van der Waals surface area contributed by atoms with Crippen LogP contribution in [0.5, 0.6) is 5.75 Å². The number of nitrogens with zero attached hydrogens (tertiary/aromatic N) is 1. The van der Waals surface area contributed by atoms with Gasteiger partial charge in [0.05, 0.1) is 13.0 Å². The Bertz CT molecular complexity index is 848. The van der Waals surface area contributed by atoms with Crippen molar-refractivity contribution in [3.8, 4) is 5.75 Å². The van der Waals surface area contributed by atoms with E-state index < -0.39 is 11.9 Å². The van der Waals surface area contributed by atoms with E-state index in [2.05, 4.69) is 15.9 Å².